The second kappa shape index (κ2) is 6.34. The van der Waals surface area contributed by atoms with Crippen molar-refractivity contribution in [2.45, 2.75) is 18.8 Å². The molecule has 2 N–H and O–H groups in total. The highest BCUT2D eigenvalue weighted by atomic mass is 32.1. The minimum absolute atomic E-state index is 0.585. The van der Waals surface area contributed by atoms with Gasteiger partial charge in [0.2, 0.25) is 0 Å². The summed E-state index contributed by atoms with van der Waals surface area (Å²) >= 11 is 1.72. The van der Waals surface area contributed by atoms with Crippen molar-refractivity contribution < 1.29 is 0 Å². The number of fused-ring (bicyclic) bond motifs is 1. The summed E-state index contributed by atoms with van der Waals surface area (Å²) in [6, 6.07) is 2.18. The molecule has 0 atom stereocenters. The Kier molecular flexibility index (Phi) is 3.83. The van der Waals surface area contributed by atoms with Gasteiger partial charge in [0.25, 0.3) is 0 Å². The van der Waals surface area contributed by atoms with E-state index in [9.17, 15) is 0 Å². The van der Waals surface area contributed by atoms with E-state index in [4.69, 9.17) is 4.98 Å². The van der Waals surface area contributed by atoms with Crippen LogP contribution in [0.1, 0.15) is 24.5 Å². The van der Waals surface area contributed by atoms with Gasteiger partial charge in [0.1, 0.15) is 10.7 Å². The van der Waals surface area contributed by atoms with Gasteiger partial charge in [-0.1, -0.05) is 0 Å². The topological polar surface area (TPSA) is 73.5 Å². The molecular weight excluding hydrogens is 344 g/mol. The monoisotopic (exact) mass is 364 g/mol. The Hall–Kier alpha value is -2.51. The predicted octanol–water partition coefficient (Wildman–Crippen LogP) is 3.89. The van der Waals surface area contributed by atoms with Crippen LogP contribution in [0.4, 0.5) is 0 Å². The molecule has 5 rings (SSSR count). The Labute approximate surface area is 155 Å². The molecule has 0 bridgehead atoms. The second-order valence-electron chi connectivity index (χ2n) is 6.96. The molecule has 26 heavy (non-hydrogen) atoms. The maximum absolute atomic E-state index is 4.94. The minimum Gasteiger partial charge on any atom is -0.346 e. The van der Waals surface area contributed by atoms with E-state index >= 15 is 0 Å². The van der Waals surface area contributed by atoms with Crippen LogP contribution >= 0.6 is 11.3 Å². The lowest BCUT2D eigenvalue weighted by Crippen LogP contribution is -2.29. The SMILES string of the molecule is CN1CCC(c2csc(-c3cnc4[nH]cc(-c5cn[nH]c5)c4c3)n2)CC1. The molecule has 1 saturated heterocycles. The third-order valence-electron chi connectivity index (χ3n) is 5.25. The van der Waals surface area contributed by atoms with E-state index in [2.05, 4.69) is 43.6 Å². The van der Waals surface area contributed by atoms with Crippen LogP contribution in [0.2, 0.25) is 0 Å². The molecular formula is C19H20N6S. The number of pyridine rings is 1. The first-order valence-electron chi connectivity index (χ1n) is 8.88. The number of hydrogen-bond acceptors (Lipinski definition) is 5. The molecule has 0 saturated carbocycles. The van der Waals surface area contributed by atoms with Crippen molar-refractivity contribution in [2.75, 3.05) is 20.1 Å². The number of H-pyrrole nitrogens is 2. The van der Waals surface area contributed by atoms with Gasteiger partial charge in [0.15, 0.2) is 0 Å². The third kappa shape index (κ3) is 2.73. The summed E-state index contributed by atoms with van der Waals surface area (Å²) in [6.07, 6.45) is 10.0. The van der Waals surface area contributed by atoms with Crippen molar-refractivity contribution in [1.82, 2.24) is 30.0 Å². The quantitative estimate of drug-likeness (QED) is 0.578. The van der Waals surface area contributed by atoms with E-state index in [-0.39, 0.29) is 0 Å². The van der Waals surface area contributed by atoms with E-state index in [1.807, 2.05) is 24.8 Å². The maximum atomic E-state index is 4.94. The number of thiazole rings is 1. The molecule has 1 aliphatic heterocycles. The van der Waals surface area contributed by atoms with Crippen LogP contribution < -0.4 is 0 Å². The molecule has 0 spiro atoms. The number of hydrogen-bond donors (Lipinski definition) is 2. The highest BCUT2D eigenvalue weighted by Gasteiger charge is 2.21. The van der Waals surface area contributed by atoms with E-state index in [0.29, 0.717) is 5.92 Å². The standard InChI is InChI=1S/C19H20N6S/c1-25-4-2-12(3-5-25)17-11-26-19(24-17)13-6-15-16(14-8-22-23-9-14)10-21-18(15)20-7-13/h6-12H,2-5H2,1H3,(H,20,21)(H,22,23). The van der Waals surface area contributed by atoms with Gasteiger partial charge in [0.05, 0.1) is 11.9 Å². The number of nitrogens with zero attached hydrogens (tertiary/aromatic N) is 4. The normalized spacial score (nSPS) is 16.5. The number of aromatic nitrogens is 5. The van der Waals surface area contributed by atoms with E-state index in [0.717, 1.165) is 45.8 Å². The summed E-state index contributed by atoms with van der Waals surface area (Å²) in [6.45, 7) is 2.31. The first-order valence-corrected chi connectivity index (χ1v) is 9.76. The van der Waals surface area contributed by atoms with Crippen molar-refractivity contribution in [3.05, 3.63) is 41.9 Å². The van der Waals surface area contributed by atoms with Gasteiger partial charge in [-0.15, -0.1) is 11.3 Å². The zero-order chi connectivity index (χ0) is 17.5. The first-order chi connectivity index (χ1) is 12.8. The number of aromatic amines is 2. The summed E-state index contributed by atoms with van der Waals surface area (Å²) in [4.78, 5) is 15.2. The van der Waals surface area contributed by atoms with Crippen LogP contribution in [0, 0.1) is 0 Å². The van der Waals surface area contributed by atoms with Crippen LogP contribution in [-0.2, 0) is 0 Å². The van der Waals surface area contributed by atoms with Gasteiger partial charge >= 0.3 is 0 Å². The summed E-state index contributed by atoms with van der Waals surface area (Å²) in [5, 5.41) is 11.3. The summed E-state index contributed by atoms with van der Waals surface area (Å²) in [5.41, 5.74) is 5.36. The van der Waals surface area contributed by atoms with Gasteiger partial charge < -0.3 is 9.88 Å². The Morgan fingerprint density at radius 2 is 2.04 bits per heavy atom. The van der Waals surface area contributed by atoms with Gasteiger partial charge in [-0.05, 0) is 39.0 Å². The van der Waals surface area contributed by atoms with Crippen molar-refractivity contribution in [1.29, 1.82) is 0 Å². The van der Waals surface area contributed by atoms with Crippen molar-refractivity contribution in [3.8, 4) is 21.7 Å². The minimum atomic E-state index is 0.585. The number of nitrogens with one attached hydrogen (secondary N) is 2. The fraction of sp³-hybridized carbons (Fsp3) is 0.316. The molecule has 6 nitrogen and oxygen atoms in total. The Morgan fingerprint density at radius 3 is 2.85 bits per heavy atom. The van der Waals surface area contributed by atoms with Crippen molar-refractivity contribution in [2.24, 2.45) is 0 Å². The number of likely N-dealkylation sites (tertiary alicyclic amines) is 1. The molecule has 0 aliphatic carbocycles. The molecule has 0 aromatic carbocycles. The fourth-order valence-electron chi connectivity index (χ4n) is 3.67. The van der Waals surface area contributed by atoms with Gasteiger partial charge in [0, 0.05) is 52.0 Å². The van der Waals surface area contributed by atoms with E-state index < -0.39 is 0 Å². The van der Waals surface area contributed by atoms with Crippen molar-refractivity contribution >= 4 is 22.4 Å². The zero-order valence-corrected chi connectivity index (χ0v) is 15.4. The van der Waals surface area contributed by atoms with Crippen LogP contribution in [-0.4, -0.2) is 50.2 Å². The third-order valence-corrected chi connectivity index (χ3v) is 6.16. The average Bonchev–Trinajstić information content (AvgIpc) is 3.41. The molecule has 0 amide bonds. The van der Waals surface area contributed by atoms with E-state index in [1.54, 1.807) is 11.3 Å². The van der Waals surface area contributed by atoms with Gasteiger partial charge in [-0.25, -0.2) is 9.97 Å². The van der Waals surface area contributed by atoms with Crippen LogP contribution in [0.25, 0.3) is 32.7 Å². The van der Waals surface area contributed by atoms with Crippen LogP contribution in [0.5, 0.6) is 0 Å². The lowest BCUT2D eigenvalue weighted by molar-refractivity contribution is 0.254. The van der Waals surface area contributed by atoms with E-state index in [1.165, 1.54) is 18.5 Å². The molecule has 7 heteroatoms. The molecule has 0 radical (unpaired) electrons. The van der Waals surface area contributed by atoms with Gasteiger partial charge in [-0.2, -0.15) is 5.10 Å². The zero-order valence-electron chi connectivity index (χ0n) is 14.6. The Morgan fingerprint density at radius 1 is 1.15 bits per heavy atom. The summed E-state index contributed by atoms with van der Waals surface area (Å²) < 4.78 is 0. The first kappa shape index (κ1) is 15.7. The molecule has 132 valence electrons. The molecule has 4 aromatic rings. The van der Waals surface area contributed by atoms with Crippen LogP contribution in [0.3, 0.4) is 0 Å². The van der Waals surface area contributed by atoms with Gasteiger partial charge in [-0.3, -0.25) is 5.10 Å². The Bertz CT molecular complexity index is 1020. The molecule has 1 aliphatic rings. The molecule has 0 unspecified atom stereocenters. The van der Waals surface area contributed by atoms with Crippen LogP contribution in [0.15, 0.2) is 36.2 Å². The smallest absolute Gasteiger partial charge is 0.137 e. The molecule has 1 fully saturated rings. The largest absolute Gasteiger partial charge is 0.346 e. The number of piperidine rings is 1. The summed E-state index contributed by atoms with van der Waals surface area (Å²) in [7, 11) is 2.19. The lowest BCUT2D eigenvalue weighted by Gasteiger charge is -2.27. The highest BCUT2D eigenvalue weighted by molar-refractivity contribution is 7.13. The average molecular weight is 364 g/mol. The Balaban J connectivity index is 1.49. The molecule has 5 heterocycles. The fourth-order valence-corrected chi connectivity index (χ4v) is 4.55. The number of rotatable bonds is 3. The second-order valence-corrected chi connectivity index (χ2v) is 7.82. The maximum Gasteiger partial charge on any atom is 0.137 e. The lowest BCUT2D eigenvalue weighted by atomic mass is 9.94. The van der Waals surface area contributed by atoms with Crippen molar-refractivity contribution in [3.63, 3.8) is 0 Å². The highest BCUT2D eigenvalue weighted by Crippen LogP contribution is 2.34. The molecule has 4 aromatic heterocycles. The summed E-state index contributed by atoms with van der Waals surface area (Å²) in [5.74, 6) is 0.585. The predicted molar refractivity (Wildman–Crippen MR) is 104 cm³/mol.